The zero-order valence-electron chi connectivity index (χ0n) is 40.2. The summed E-state index contributed by atoms with van der Waals surface area (Å²) in [6.07, 6.45) is 0. The molecule has 1 aromatic heterocycles. The maximum Gasteiger partial charge on any atom is 0.0568 e. The first kappa shape index (κ1) is 42.8. The number of rotatable bonds is 8. The summed E-state index contributed by atoms with van der Waals surface area (Å²) in [6.45, 7) is 22.7. The predicted molar refractivity (Wildman–Crippen MR) is 286 cm³/mol. The summed E-state index contributed by atoms with van der Waals surface area (Å²) >= 11 is 0. The molecule has 0 atom stereocenters. The van der Waals surface area contributed by atoms with E-state index in [9.17, 15) is 0 Å². The van der Waals surface area contributed by atoms with Crippen molar-refractivity contribution < 1.29 is 0 Å². The second-order valence-electron chi connectivity index (χ2n) is 20.6. The van der Waals surface area contributed by atoms with Gasteiger partial charge < -0.3 is 14.4 Å². The molecule has 3 nitrogen and oxygen atoms in total. The van der Waals surface area contributed by atoms with Crippen molar-refractivity contribution in [2.24, 2.45) is 0 Å². The summed E-state index contributed by atoms with van der Waals surface area (Å²) < 4.78 is 2.54. The number of hydrogen-bond donors (Lipinski definition) is 0. The van der Waals surface area contributed by atoms with Crippen molar-refractivity contribution in [2.45, 2.75) is 86.0 Å². The molecule has 0 spiro atoms. The van der Waals surface area contributed by atoms with Crippen molar-refractivity contribution in [3.63, 3.8) is 0 Å². The number of para-hydroxylation sites is 2. The molecule has 0 fully saturated rings. The summed E-state index contributed by atoms with van der Waals surface area (Å²) in [6, 6.07) is 68.4. The van der Waals surface area contributed by atoms with Crippen LogP contribution in [0.5, 0.6) is 0 Å². The first-order valence-electron chi connectivity index (χ1n) is 23.6. The van der Waals surface area contributed by atoms with Gasteiger partial charge in [-0.15, -0.1) is 0 Å². The van der Waals surface area contributed by atoms with Gasteiger partial charge in [-0.05, 0) is 130 Å². The van der Waals surface area contributed by atoms with Crippen LogP contribution in [0.2, 0.25) is 0 Å². The molecule has 0 radical (unpaired) electrons. The topological polar surface area (TPSA) is 11.4 Å². The van der Waals surface area contributed by atoms with Crippen LogP contribution in [0, 0.1) is 13.8 Å². The highest BCUT2D eigenvalue weighted by atomic mass is 15.2. The molecule has 10 aromatic rings. The van der Waals surface area contributed by atoms with Gasteiger partial charge in [0.2, 0.25) is 0 Å². The number of aryl methyl sites for hydroxylation is 2. The van der Waals surface area contributed by atoms with Gasteiger partial charge in [0.1, 0.15) is 0 Å². The average molecular weight is 860 g/mol. The van der Waals surface area contributed by atoms with Gasteiger partial charge in [0.05, 0.1) is 22.4 Å². The van der Waals surface area contributed by atoms with Crippen molar-refractivity contribution in [3.05, 3.63) is 210 Å². The summed E-state index contributed by atoms with van der Waals surface area (Å²) in [5, 5.41) is 7.37. The van der Waals surface area contributed by atoms with Crippen molar-refractivity contribution >= 4 is 77.5 Å². The van der Waals surface area contributed by atoms with Gasteiger partial charge in [-0.2, -0.15) is 0 Å². The minimum Gasteiger partial charge on any atom is -0.310 e. The first-order valence-corrected chi connectivity index (χ1v) is 23.6. The second-order valence-corrected chi connectivity index (χ2v) is 20.6. The van der Waals surface area contributed by atoms with E-state index in [2.05, 4.69) is 266 Å². The Bertz CT molecular complexity index is 3210. The smallest absolute Gasteiger partial charge is 0.0568 e. The minimum atomic E-state index is 0.0377. The molecular formula is C63H61N3. The number of benzene rings is 9. The second kappa shape index (κ2) is 16.4. The first-order chi connectivity index (χ1) is 31.7. The summed E-state index contributed by atoms with van der Waals surface area (Å²) in [5.74, 6) is 0.419. The van der Waals surface area contributed by atoms with E-state index >= 15 is 0 Å². The Morgan fingerprint density at radius 1 is 0.394 bits per heavy atom. The monoisotopic (exact) mass is 859 g/mol. The maximum atomic E-state index is 2.54. The molecule has 0 aliphatic heterocycles. The zero-order chi connectivity index (χ0) is 46.1. The molecule has 0 saturated heterocycles. The summed E-state index contributed by atoms with van der Waals surface area (Å²) in [5.41, 5.74) is 16.8. The van der Waals surface area contributed by atoms with E-state index in [1.54, 1.807) is 0 Å². The molecule has 0 amide bonds. The Kier molecular flexibility index (Phi) is 10.6. The van der Waals surface area contributed by atoms with Gasteiger partial charge in [0.15, 0.2) is 0 Å². The van der Waals surface area contributed by atoms with E-state index in [4.69, 9.17) is 0 Å². The fourth-order valence-electron chi connectivity index (χ4n) is 10.0. The van der Waals surface area contributed by atoms with Crippen molar-refractivity contribution in [2.75, 3.05) is 9.80 Å². The molecule has 0 unspecified atom stereocenters. The molecule has 3 heteroatoms. The standard InChI is InChI=1S/C63H61N3/c1-41(2)44-27-33-47(34-28-44)66-58-39-56(64(54-25-17-11-19-42(54)3)48-35-29-45(30-36-48)62(5,6)7)50-21-13-15-23-52(50)60(58)61-53-24-16-14-22-51(53)57(40-59(61)66)65(55-26-18-12-20-43(55)4)49-37-31-46(32-38-49)63(8,9)10/h11-41H,1-10H3. The van der Waals surface area contributed by atoms with E-state index in [0.29, 0.717) is 5.92 Å². The van der Waals surface area contributed by atoms with Crippen LogP contribution in [0.4, 0.5) is 34.1 Å². The van der Waals surface area contributed by atoms with Crippen LogP contribution in [0.3, 0.4) is 0 Å². The fourth-order valence-corrected chi connectivity index (χ4v) is 10.0. The van der Waals surface area contributed by atoms with Crippen LogP contribution in [0.25, 0.3) is 49.0 Å². The van der Waals surface area contributed by atoms with Crippen LogP contribution >= 0.6 is 0 Å². The lowest BCUT2D eigenvalue weighted by Crippen LogP contribution is -2.14. The van der Waals surface area contributed by atoms with Gasteiger partial charge in [-0.25, -0.2) is 0 Å². The largest absolute Gasteiger partial charge is 0.310 e. The Labute approximate surface area is 391 Å². The number of anilines is 6. The quantitative estimate of drug-likeness (QED) is 0.151. The lowest BCUT2D eigenvalue weighted by molar-refractivity contribution is 0.590. The van der Waals surface area contributed by atoms with Crippen molar-refractivity contribution in [1.82, 2.24) is 4.57 Å². The molecule has 66 heavy (non-hydrogen) atoms. The molecule has 328 valence electrons. The lowest BCUT2D eigenvalue weighted by atomic mass is 9.87. The Balaban J connectivity index is 1.36. The third-order valence-corrected chi connectivity index (χ3v) is 13.7. The predicted octanol–water partition coefficient (Wildman–Crippen LogP) is 18.4. The summed E-state index contributed by atoms with van der Waals surface area (Å²) in [7, 11) is 0. The molecule has 0 N–H and O–H groups in total. The van der Waals surface area contributed by atoms with Crippen LogP contribution in [-0.4, -0.2) is 4.57 Å². The zero-order valence-corrected chi connectivity index (χ0v) is 40.2. The Morgan fingerprint density at radius 2 is 0.758 bits per heavy atom. The van der Waals surface area contributed by atoms with Crippen LogP contribution in [0.15, 0.2) is 182 Å². The molecular weight excluding hydrogens is 799 g/mol. The average Bonchev–Trinajstić information content (AvgIpc) is 3.64. The van der Waals surface area contributed by atoms with Crippen LogP contribution < -0.4 is 9.80 Å². The third kappa shape index (κ3) is 7.41. The molecule has 10 rings (SSSR count). The third-order valence-electron chi connectivity index (χ3n) is 13.7. The Morgan fingerprint density at radius 3 is 1.12 bits per heavy atom. The van der Waals surface area contributed by atoms with Gasteiger partial charge in [0, 0.05) is 50.0 Å². The van der Waals surface area contributed by atoms with Gasteiger partial charge >= 0.3 is 0 Å². The normalized spacial score (nSPS) is 12.2. The highest BCUT2D eigenvalue weighted by molar-refractivity contribution is 6.32. The molecule has 1 heterocycles. The lowest BCUT2D eigenvalue weighted by Gasteiger charge is -2.29. The number of hydrogen-bond acceptors (Lipinski definition) is 2. The molecule has 9 aromatic carbocycles. The van der Waals surface area contributed by atoms with Crippen molar-refractivity contribution in [1.29, 1.82) is 0 Å². The van der Waals surface area contributed by atoms with Crippen LogP contribution in [0.1, 0.15) is 89.1 Å². The Hall–Kier alpha value is -7.10. The van der Waals surface area contributed by atoms with E-state index in [-0.39, 0.29) is 10.8 Å². The summed E-state index contributed by atoms with van der Waals surface area (Å²) in [4.78, 5) is 4.97. The van der Waals surface area contributed by atoms with Crippen molar-refractivity contribution in [3.8, 4) is 5.69 Å². The van der Waals surface area contributed by atoms with Gasteiger partial charge in [0.25, 0.3) is 0 Å². The number of nitrogens with zero attached hydrogens (tertiary/aromatic N) is 3. The van der Waals surface area contributed by atoms with Gasteiger partial charge in [-0.1, -0.05) is 177 Å². The molecule has 0 aliphatic rings. The van der Waals surface area contributed by atoms with E-state index < -0.39 is 0 Å². The molecule has 0 aliphatic carbocycles. The minimum absolute atomic E-state index is 0.0377. The van der Waals surface area contributed by atoms with E-state index in [1.807, 2.05) is 0 Å². The maximum absolute atomic E-state index is 2.54. The highest BCUT2D eigenvalue weighted by Crippen LogP contribution is 2.50. The molecule has 0 saturated carbocycles. The highest BCUT2D eigenvalue weighted by Gasteiger charge is 2.27. The fraction of sp³-hybridized carbons (Fsp3) is 0.206. The number of aromatic nitrogens is 1. The SMILES string of the molecule is Cc1ccccc1N(c1ccc(C(C)(C)C)cc1)c1cc2c(c3ccccc13)c1c3ccccc3c(N(c3ccc(C(C)(C)C)cc3)c3ccccc3C)cc1n2-c1ccc(C(C)C)cc1. The number of fused-ring (bicyclic) bond motifs is 7. The van der Waals surface area contributed by atoms with E-state index in [1.165, 1.54) is 71.2 Å². The van der Waals surface area contributed by atoms with E-state index in [0.717, 1.165) is 39.8 Å². The van der Waals surface area contributed by atoms with Gasteiger partial charge in [-0.3, -0.25) is 0 Å². The van der Waals surface area contributed by atoms with Crippen LogP contribution in [-0.2, 0) is 10.8 Å². The molecule has 0 bridgehead atoms.